The molecule has 1 nitrogen and oxygen atoms in total. The molecule has 0 saturated heterocycles. The number of ether oxygens (including phenoxy) is 1. The summed E-state index contributed by atoms with van der Waals surface area (Å²) in [5.74, 6) is 1.86. The fraction of sp³-hybridized carbons (Fsp3) is 0.500. The van der Waals surface area contributed by atoms with Crippen LogP contribution < -0.4 is 0 Å². The zero-order valence-corrected chi connectivity index (χ0v) is 18.3. The van der Waals surface area contributed by atoms with Gasteiger partial charge in [0.25, 0.3) is 0 Å². The van der Waals surface area contributed by atoms with Crippen molar-refractivity contribution in [1.82, 2.24) is 0 Å². The normalized spacial score (nSPS) is 30.4. The molecule has 3 atom stereocenters. The van der Waals surface area contributed by atoms with Crippen LogP contribution in [0.25, 0.3) is 0 Å². The molecule has 0 aromatic carbocycles. The Morgan fingerprint density at radius 1 is 1.12 bits per heavy atom. The summed E-state index contributed by atoms with van der Waals surface area (Å²) in [6.45, 7) is 0.858. The van der Waals surface area contributed by atoms with E-state index < -0.39 is 0 Å². The molecule has 0 aliphatic heterocycles. The van der Waals surface area contributed by atoms with Crippen LogP contribution in [-0.4, -0.2) is 13.7 Å². The second-order valence-electron chi connectivity index (χ2n) is 3.80. The Morgan fingerprint density at radius 3 is 2.38 bits per heavy atom. The molecule has 4 heteroatoms. The van der Waals surface area contributed by atoms with E-state index in [2.05, 4.69) is 37.8 Å². The van der Waals surface area contributed by atoms with Crippen molar-refractivity contribution < 1.29 is 103 Å². The maximum absolute atomic E-state index is 5.17. The van der Waals surface area contributed by atoms with E-state index in [9.17, 15) is 0 Å². The maximum Gasteiger partial charge on any atom is 0.0353 e. The smallest absolute Gasteiger partial charge is 0.0353 e. The molecular weight excluding hydrogens is 427 g/mol. The van der Waals surface area contributed by atoms with E-state index >= 15 is 0 Å². The summed E-state index contributed by atoms with van der Waals surface area (Å²) < 4.78 is 5.17. The first-order chi connectivity index (χ1) is 6.40. The first-order valence-corrected chi connectivity index (χ1v) is 4.92. The van der Waals surface area contributed by atoms with Crippen molar-refractivity contribution in [2.75, 3.05) is 13.7 Å². The molecular formula is C12H16OY3-4. The largest absolute Gasteiger partial charge is 0.387 e. The van der Waals surface area contributed by atoms with Gasteiger partial charge in [0.1, 0.15) is 0 Å². The summed E-state index contributed by atoms with van der Waals surface area (Å²) in [6, 6.07) is 0. The molecule has 2 rings (SSSR count). The maximum atomic E-state index is 5.17. The van der Waals surface area contributed by atoms with Gasteiger partial charge in [0, 0.05) is 112 Å². The fourth-order valence-corrected chi connectivity index (χ4v) is 2.13. The summed E-state index contributed by atoms with van der Waals surface area (Å²) in [5.41, 5.74) is 0. The van der Waals surface area contributed by atoms with Gasteiger partial charge in [-0.2, -0.15) is 5.92 Å². The first-order valence-electron chi connectivity index (χ1n) is 4.92. The number of fused-ring (bicyclic) bond motifs is 1. The topological polar surface area (TPSA) is 9.23 Å². The predicted octanol–water partition coefficient (Wildman–Crippen LogP) is 2.26. The number of hydrogen-bond donors (Lipinski definition) is 0. The molecule has 0 spiro atoms. The minimum atomic E-state index is 0. The Kier molecular flexibility index (Phi) is 15.2. The minimum Gasteiger partial charge on any atom is -0.387 e. The Balaban J connectivity index is 0. The van der Waals surface area contributed by atoms with Crippen molar-refractivity contribution in [2.24, 2.45) is 17.8 Å². The van der Waals surface area contributed by atoms with Crippen LogP contribution in [0.3, 0.4) is 0 Å². The zero-order chi connectivity index (χ0) is 9.10. The standard InChI is InChI=1S/C12H16O.3Y/c1-13-9-10-6-7-11-4-2-3-5-12(11)8-10;;;/h2-5,7-8,10-12H,6,9H2,1H3;;;/q-4;;;. The zero-order valence-electron chi connectivity index (χ0n) is 9.75. The van der Waals surface area contributed by atoms with E-state index in [1.54, 1.807) is 7.11 Å². The second-order valence-corrected chi connectivity index (χ2v) is 3.80. The van der Waals surface area contributed by atoms with Crippen LogP contribution in [0.1, 0.15) is 6.42 Å². The summed E-state index contributed by atoms with van der Waals surface area (Å²) >= 11 is 0. The van der Waals surface area contributed by atoms with Crippen molar-refractivity contribution in [3.63, 3.8) is 0 Å². The van der Waals surface area contributed by atoms with E-state index in [1.165, 1.54) is 0 Å². The molecule has 3 radical (unpaired) electrons. The molecule has 0 N–H and O–H groups in total. The van der Waals surface area contributed by atoms with Gasteiger partial charge in [-0.1, -0.05) is 0 Å². The Bertz CT molecular complexity index is 197. The number of allylic oxidation sites excluding steroid dienone is 2. The van der Waals surface area contributed by atoms with Crippen LogP contribution in [-0.2, 0) is 103 Å². The molecule has 2 aliphatic rings. The summed E-state index contributed by atoms with van der Waals surface area (Å²) in [7, 11) is 1.77. The third-order valence-corrected chi connectivity index (χ3v) is 2.81. The third kappa shape index (κ3) is 6.27. The molecule has 16 heavy (non-hydrogen) atoms. The van der Waals surface area contributed by atoms with Gasteiger partial charge in [0.15, 0.2) is 0 Å². The molecule has 83 valence electrons. The van der Waals surface area contributed by atoms with E-state index in [-0.39, 0.29) is 98.1 Å². The minimum absolute atomic E-state index is 0. The van der Waals surface area contributed by atoms with Crippen molar-refractivity contribution >= 4 is 0 Å². The molecule has 1 fully saturated rings. The van der Waals surface area contributed by atoms with Crippen LogP contribution in [0, 0.1) is 43.4 Å². The Morgan fingerprint density at radius 2 is 1.75 bits per heavy atom. The first kappa shape index (κ1) is 21.1. The van der Waals surface area contributed by atoms with Crippen LogP contribution in [0.15, 0.2) is 12.2 Å². The SMILES string of the molecule is COCC1[CH-]C2[CH-]C=C[CH-]C2[CH-]C1.[Y].[Y].[Y]. The van der Waals surface area contributed by atoms with Crippen LogP contribution in [0.4, 0.5) is 0 Å². The van der Waals surface area contributed by atoms with Gasteiger partial charge in [-0.3, -0.25) is 11.8 Å². The molecule has 0 heterocycles. The fourth-order valence-electron chi connectivity index (χ4n) is 2.13. The molecule has 2 aliphatic carbocycles. The molecule has 0 bridgehead atoms. The van der Waals surface area contributed by atoms with Crippen molar-refractivity contribution in [3.8, 4) is 0 Å². The molecule has 0 aromatic rings. The molecule has 1 saturated carbocycles. The van der Waals surface area contributed by atoms with Gasteiger partial charge in [0.05, 0.1) is 0 Å². The van der Waals surface area contributed by atoms with E-state index in [0.717, 1.165) is 13.0 Å². The Labute approximate surface area is 175 Å². The van der Waals surface area contributed by atoms with E-state index in [4.69, 9.17) is 4.74 Å². The molecule has 3 unspecified atom stereocenters. The Hall–Kier alpha value is 2.75. The summed E-state index contributed by atoms with van der Waals surface area (Å²) in [6.07, 6.45) is 14.8. The van der Waals surface area contributed by atoms with Crippen molar-refractivity contribution in [3.05, 3.63) is 37.8 Å². The second kappa shape index (κ2) is 11.6. The van der Waals surface area contributed by atoms with Gasteiger partial charge >= 0.3 is 0 Å². The van der Waals surface area contributed by atoms with Gasteiger partial charge in [0.2, 0.25) is 0 Å². The number of methoxy groups -OCH3 is 1. The van der Waals surface area contributed by atoms with E-state index in [1.807, 2.05) is 0 Å². The van der Waals surface area contributed by atoms with Gasteiger partial charge < -0.3 is 42.6 Å². The van der Waals surface area contributed by atoms with Crippen molar-refractivity contribution in [2.45, 2.75) is 6.42 Å². The molecule has 0 aromatic heterocycles. The third-order valence-electron chi connectivity index (χ3n) is 2.81. The van der Waals surface area contributed by atoms with Crippen LogP contribution in [0.2, 0.25) is 0 Å². The number of rotatable bonds is 2. The van der Waals surface area contributed by atoms with Crippen molar-refractivity contribution in [1.29, 1.82) is 0 Å². The van der Waals surface area contributed by atoms with Crippen LogP contribution in [0.5, 0.6) is 0 Å². The van der Waals surface area contributed by atoms with Gasteiger partial charge in [-0.15, -0.1) is 0 Å². The molecule has 0 amide bonds. The van der Waals surface area contributed by atoms with Crippen LogP contribution >= 0.6 is 0 Å². The van der Waals surface area contributed by atoms with Gasteiger partial charge in [-0.05, 0) is 0 Å². The average molecular weight is 443 g/mol. The quantitative estimate of drug-likeness (QED) is 0.596. The van der Waals surface area contributed by atoms with E-state index in [0.29, 0.717) is 17.8 Å². The van der Waals surface area contributed by atoms with Gasteiger partial charge in [-0.25, -0.2) is 6.42 Å². The summed E-state index contributed by atoms with van der Waals surface area (Å²) in [4.78, 5) is 0. The summed E-state index contributed by atoms with van der Waals surface area (Å²) in [5, 5.41) is 0. The average Bonchev–Trinajstić information content (AvgIpc) is 2.18. The number of hydrogen-bond acceptors (Lipinski definition) is 1. The predicted molar refractivity (Wildman–Crippen MR) is 53.3 cm³/mol. The monoisotopic (exact) mass is 443 g/mol.